The number of aliphatic carboxylic acids is 1. The molecule has 0 amide bonds. The predicted molar refractivity (Wildman–Crippen MR) is 102 cm³/mol. The maximum atomic E-state index is 12.9. The summed E-state index contributed by atoms with van der Waals surface area (Å²) in [4.78, 5) is 25.1. The van der Waals surface area contributed by atoms with E-state index in [9.17, 15) is 14.7 Å². The van der Waals surface area contributed by atoms with Crippen molar-refractivity contribution < 1.29 is 19.4 Å². The molecule has 0 aromatic rings. The molecule has 0 aromatic heterocycles. The van der Waals surface area contributed by atoms with Crippen molar-refractivity contribution in [1.29, 1.82) is 0 Å². The zero-order chi connectivity index (χ0) is 19.6. The molecule has 4 nitrogen and oxygen atoms in total. The van der Waals surface area contributed by atoms with Crippen molar-refractivity contribution in [3.8, 4) is 0 Å². The van der Waals surface area contributed by atoms with Gasteiger partial charge in [-0.05, 0) is 62.7 Å². The van der Waals surface area contributed by atoms with Crippen molar-refractivity contribution in [3.63, 3.8) is 0 Å². The van der Waals surface area contributed by atoms with E-state index in [0.29, 0.717) is 43.4 Å². The molecule has 0 rings (SSSR count). The van der Waals surface area contributed by atoms with Crippen molar-refractivity contribution in [2.75, 3.05) is 0 Å². The lowest BCUT2D eigenvalue weighted by Crippen LogP contribution is -2.43. The molecule has 0 aliphatic rings. The topological polar surface area (TPSA) is 63.6 Å². The highest BCUT2D eigenvalue weighted by Gasteiger charge is 2.47. The molecule has 4 heteroatoms. The Labute approximate surface area is 154 Å². The summed E-state index contributed by atoms with van der Waals surface area (Å²) in [6.07, 6.45) is 4.44. The van der Waals surface area contributed by atoms with Gasteiger partial charge in [0.2, 0.25) is 0 Å². The molecule has 1 unspecified atom stereocenters. The van der Waals surface area contributed by atoms with E-state index >= 15 is 0 Å². The van der Waals surface area contributed by atoms with Crippen LogP contribution < -0.4 is 0 Å². The standard InChI is InChI=1S/C21H40O4/c1-8-18(10-9-15(2)3)25-20(24)21(19(22)23,13-11-16(4)5)14-12-17(6)7/h15-18H,8-14H2,1-7H3,(H,22,23). The number of carboxylic acids is 1. The van der Waals surface area contributed by atoms with Crippen LogP contribution >= 0.6 is 0 Å². The smallest absolute Gasteiger partial charge is 0.323 e. The number of rotatable bonds is 13. The monoisotopic (exact) mass is 356 g/mol. The average Bonchev–Trinajstić information content (AvgIpc) is 2.50. The zero-order valence-corrected chi connectivity index (χ0v) is 17.4. The molecule has 0 aliphatic carbocycles. The number of carboxylic acid groups (broad SMARTS) is 1. The van der Waals surface area contributed by atoms with Crippen LogP contribution in [0.1, 0.15) is 93.4 Å². The summed E-state index contributed by atoms with van der Waals surface area (Å²) in [7, 11) is 0. The van der Waals surface area contributed by atoms with Crippen molar-refractivity contribution in [3.05, 3.63) is 0 Å². The van der Waals surface area contributed by atoms with Crippen molar-refractivity contribution in [2.24, 2.45) is 23.2 Å². The lowest BCUT2D eigenvalue weighted by atomic mass is 9.76. The normalized spacial score (nSPS) is 13.5. The number of carbonyl (C=O) groups excluding carboxylic acids is 1. The molecular formula is C21H40O4. The molecule has 148 valence electrons. The van der Waals surface area contributed by atoms with E-state index in [-0.39, 0.29) is 6.10 Å². The van der Waals surface area contributed by atoms with Gasteiger partial charge in [0.05, 0.1) is 0 Å². The molecule has 0 aromatic carbocycles. The Morgan fingerprint density at radius 3 is 1.60 bits per heavy atom. The molecule has 0 saturated heterocycles. The van der Waals surface area contributed by atoms with Gasteiger partial charge >= 0.3 is 11.9 Å². The van der Waals surface area contributed by atoms with Crippen LogP contribution in [0.4, 0.5) is 0 Å². The van der Waals surface area contributed by atoms with Crippen LogP contribution in [0.15, 0.2) is 0 Å². The molecule has 0 heterocycles. The number of hydrogen-bond donors (Lipinski definition) is 1. The minimum Gasteiger partial charge on any atom is -0.480 e. The molecule has 0 spiro atoms. The van der Waals surface area contributed by atoms with Crippen molar-refractivity contribution >= 4 is 11.9 Å². The van der Waals surface area contributed by atoms with Gasteiger partial charge in [0.25, 0.3) is 0 Å². The fourth-order valence-corrected chi connectivity index (χ4v) is 2.83. The van der Waals surface area contributed by atoms with Gasteiger partial charge in [-0.25, -0.2) is 0 Å². The van der Waals surface area contributed by atoms with Gasteiger partial charge in [0, 0.05) is 0 Å². The number of ether oxygens (including phenoxy) is 1. The van der Waals surface area contributed by atoms with Gasteiger partial charge in [-0.2, -0.15) is 0 Å². The minimum atomic E-state index is -1.40. The second kappa shape index (κ2) is 11.5. The van der Waals surface area contributed by atoms with E-state index in [1.165, 1.54) is 0 Å². The fraction of sp³-hybridized carbons (Fsp3) is 0.905. The third kappa shape index (κ3) is 8.73. The van der Waals surface area contributed by atoms with Crippen molar-refractivity contribution in [2.45, 2.75) is 99.5 Å². The number of esters is 1. The molecule has 0 radical (unpaired) electrons. The highest BCUT2D eigenvalue weighted by atomic mass is 16.5. The molecule has 25 heavy (non-hydrogen) atoms. The SMILES string of the molecule is CCC(CCC(C)C)OC(=O)C(CCC(C)C)(CCC(C)C)C(=O)O. The number of hydrogen-bond acceptors (Lipinski definition) is 3. The van der Waals surface area contributed by atoms with Crippen LogP contribution in [0.25, 0.3) is 0 Å². The Morgan fingerprint density at radius 2 is 1.28 bits per heavy atom. The maximum absolute atomic E-state index is 12.9. The molecular weight excluding hydrogens is 316 g/mol. The first-order valence-electron chi connectivity index (χ1n) is 9.99. The van der Waals surface area contributed by atoms with E-state index in [2.05, 4.69) is 41.5 Å². The fourth-order valence-electron chi connectivity index (χ4n) is 2.83. The Kier molecular flexibility index (Phi) is 11.0. The van der Waals surface area contributed by atoms with Crippen LogP contribution in [-0.4, -0.2) is 23.1 Å². The quantitative estimate of drug-likeness (QED) is 0.340. The predicted octanol–water partition coefficient (Wildman–Crippen LogP) is 5.69. The second-order valence-corrected chi connectivity index (χ2v) is 8.66. The van der Waals surface area contributed by atoms with Gasteiger partial charge in [-0.3, -0.25) is 9.59 Å². The van der Waals surface area contributed by atoms with Gasteiger partial charge in [0.1, 0.15) is 6.10 Å². The summed E-state index contributed by atoms with van der Waals surface area (Å²) in [6, 6.07) is 0. The summed E-state index contributed by atoms with van der Waals surface area (Å²) < 4.78 is 5.72. The van der Waals surface area contributed by atoms with Crippen LogP contribution in [0.3, 0.4) is 0 Å². The van der Waals surface area contributed by atoms with Crippen molar-refractivity contribution in [1.82, 2.24) is 0 Å². The van der Waals surface area contributed by atoms with Gasteiger partial charge in [0.15, 0.2) is 5.41 Å². The Balaban J connectivity index is 5.30. The summed E-state index contributed by atoms with van der Waals surface area (Å²) >= 11 is 0. The van der Waals surface area contributed by atoms with E-state index in [4.69, 9.17) is 4.74 Å². The minimum absolute atomic E-state index is 0.188. The molecule has 0 bridgehead atoms. The summed E-state index contributed by atoms with van der Waals surface area (Å²) in [6.45, 7) is 14.5. The first-order valence-corrected chi connectivity index (χ1v) is 9.99. The Morgan fingerprint density at radius 1 is 0.840 bits per heavy atom. The lowest BCUT2D eigenvalue weighted by Gasteiger charge is -2.31. The first-order chi connectivity index (χ1) is 11.5. The molecule has 0 saturated carbocycles. The van der Waals surface area contributed by atoms with E-state index < -0.39 is 17.4 Å². The van der Waals surface area contributed by atoms with Gasteiger partial charge in [-0.15, -0.1) is 0 Å². The first kappa shape index (κ1) is 23.9. The van der Waals surface area contributed by atoms with Gasteiger partial charge < -0.3 is 9.84 Å². The Bertz CT molecular complexity index is 387. The Hall–Kier alpha value is -1.06. The van der Waals surface area contributed by atoms with Crippen LogP contribution in [0.5, 0.6) is 0 Å². The highest BCUT2D eigenvalue weighted by molar-refractivity contribution is 5.99. The van der Waals surface area contributed by atoms with Crippen LogP contribution in [0.2, 0.25) is 0 Å². The van der Waals surface area contributed by atoms with Gasteiger partial charge in [-0.1, -0.05) is 48.5 Å². The third-order valence-electron chi connectivity index (χ3n) is 4.89. The van der Waals surface area contributed by atoms with E-state index in [1.807, 2.05) is 6.92 Å². The summed E-state index contributed by atoms with van der Waals surface area (Å²) in [5, 5.41) is 9.92. The third-order valence-corrected chi connectivity index (χ3v) is 4.89. The second-order valence-electron chi connectivity index (χ2n) is 8.66. The molecule has 0 aliphatic heterocycles. The molecule has 1 N–H and O–H groups in total. The zero-order valence-electron chi connectivity index (χ0n) is 17.4. The molecule has 0 fully saturated rings. The largest absolute Gasteiger partial charge is 0.480 e. The lowest BCUT2D eigenvalue weighted by molar-refractivity contribution is -0.175. The van der Waals surface area contributed by atoms with E-state index in [1.54, 1.807) is 0 Å². The molecule has 1 atom stereocenters. The summed E-state index contributed by atoms with van der Waals surface area (Å²) in [5.41, 5.74) is -1.40. The summed E-state index contributed by atoms with van der Waals surface area (Å²) in [5.74, 6) is -0.310. The maximum Gasteiger partial charge on any atom is 0.323 e. The highest BCUT2D eigenvalue weighted by Crippen LogP contribution is 2.36. The average molecular weight is 357 g/mol. The number of carbonyl (C=O) groups is 2. The van der Waals surface area contributed by atoms with Crippen LogP contribution in [-0.2, 0) is 14.3 Å². The van der Waals surface area contributed by atoms with Crippen LogP contribution in [0, 0.1) is 23.2 Å². The van der Waals surface area contributed by atoms with E-state index in [0.717, 1.165) is 19.3 Å².